The molecular formula is C46H40N10O19S4. The van der Waals surface area contributed by atoms with Gasteiger partial charge in [-0.05, 0) is 98.1 Å². The first-order valence-electron chi connectivity index (χ1n) is 22.3. The van der Waals surface area contributed by atoms with Crippen molar-refractivity contribution in [1.82, 2.24) is 9.97 Å². The summed E-state index contributed by atoms with van der Waals surface area (Å²) < 4.78 is 152. The Morgan fingerprint density at radius 2 is 1.33 bits per heavy atom. The Morgan fingerprint density at radius 3 is 1.96 bits per heavy atom. The van der Waals surface area contributed by atoms with Crippen LogP contribution in [0.3, 0.4) is 0 Å². The number of hydrazone groups is 1. The summed E-state index contributed by atoms with van der Waals surface area (Å²) in [7, 11) is -16.6. The lowest BCUT2D eigenvalue weighted by molar-refractivity contribution is -0.130. The number of imidazole rings is 1. The lowest BCUT2D eigenvalue weighted by Gasteiger charge is -2.13. The molecule has 412 valence electrons. The number of aromatic nitrogens is 2. The number of phenols is 1. The Balaban J connectivity index is 1.10. The molecule has 0 spiro atoms. The number of fused-ring (bicyclic) bond motifs is 3. The van der Waals surface area contributed by atoms with Crippen molar-refractivity contribution in [2.24, 2.45) is 35.8 Å². The zero-order valence-electron chi connectivity index (χ0n) is 40.9. The van der Waals surface area contributed by atoms with Crippen LogP contribution in [-0.4, -0.2) is 122 Å². The molecule has 79 heavy (non-hydrogen) atoms. The number of H-pyrrole nitrogens is 1. The highest BCUT2D eigenvalue weighted by Crippen LogP contribution is 2.45. The third kappa shape index (κ3) is 12.2. The zero-order chi connectivity index (χ0) is 57.5. The summed E-state index contributed by atoms with van der Waals surface area (Å²) in [6.45, 7) is 2.51. The first kappa shape index (κ1) is 56.5. The average Bonchev–Trinajstić information content (AvgIpc) is 4.23. The molecule has 1 unspecified atom stereocenters. The van der Waals surface area contributed by atoms with Crippen molar-refractivity contribution in [3.63, 3.8) is 0 Å². The maximum Gasteiger partial charge on any atom is 0.355 e. The number of phenolic OH excluding ortho intramolecular Hbond substituents is 1. The Kier molecular flexibility index (Phi) is 15.5. The molecule has 0 aliphatic carbocycles. The van der Waals surface area contributed by atoms with Gasteiger partial charge in [-0.15, -0.1) is 15.3 Å². The summed E-state index contributed by atoms with van der Waals surface area (Å²) in [4.78, 5) is 31.4. The van der Waals surface area contributed by atoms with E-state index in [0.717, 1.165) is 23.2 Å². The number of anilines is 1. The first-order chi connectivity index (χ1) is 37.1. The minimum atomic E-state index is -5.22. The Labute approximate surface area is 446 Å². The lowest BCUT2D eigenvalue weighted by Crippen LogP contribution is -2.33. The monoisotopic (exact) mass is 1160 g/mol. The molecule has 0 radical (unpaired) electrons. The summed E-state index contributed by atoms with van der Waals surface area (Å²) in [5.74, 6) is -4.10. The second-order valence-electron chi connectivity index (χ2n) is 16.9. The number of hydrogen-bond donors (Lipinski definition) is 7. The van der Waals surface area contributed by atoms with Gasteiger partial charge in [-0.25, -0.2) is 9.78 Å². The number of carboxylic acids is 1. The van der Waals surface area contributed by atoms with Crippen LogP contribution in [0.2, 0.25) is 0 Å². The molecule has 2 heterocycles. The van der Waals surface area contributed by atoms with Gasteiger partial charge in [0.15, 0.2) is 11.5 Å². The quantitative estimate of drug-likeness (QED) is 0.0230. The SMILES string of the molecule is COc1ccc(/N=N/c2cc(OCCCS(=O)(=O)O)c(/N=N/c3c(S(=O)(=O)O)cc4c(ccc5nc(-c6ccc(N7N=C(C(=O)O)C(/N=N/c8cc(C)c(S(=O)(=O)O)cc8OC)C7=O)cc6)[nH]c54)c3O)cc2C)c(S(=O)(=O)O)c1. The number of aliphatic carboxylic acids is 1. The topological polar surface area (TPSA) is 438 Å². The molecule has 1 aromatic heterocycles. The second-order valence-corrected chi connectivity index (χ2v) is 22.6. The van der Waals surface area contributed by atoms with E-state index in [4.69, 9.17) is 14.2 Å². The molecule has 0 bridgehead atoms. The largest absolute Gasteiger partial charge is 0.505 e. The van der Waals surface area contributed by atoms with Gasteiger partial charge in [0.1, 0.15) is 60.5 Å². The van der Waals surface area contributed by atoms with Gasteiger partial charge < -0.3 is 29.4 Å². The fourth-order valence-electron chi connectivity index (χ4n) is 7.79. The van der Waals surface area contributed by atoms with E-state index in [-0.39, 0.29) is 97.5 Å². The molecule has 1 aliphatic rings. The van der Waals surface area contributed by atoms with Crippen molar-refractivity contribution >= 4 is 114 Å². The van der Waals surface area contributed by atoms with E-state index in [1.807, 2.05) is 0 Å². The summed E-state index contributed by atoms with van der Waals surface area (Å²) >= 11 is 0. The second kappa shape index (κ2) is 21.6. The normalized spacial score (nSPS) is 14.6. The molecule has 0 fully saturated rings. The van der Waals surface area contributed by atoms with E-state index >= 15 is 0 Å². The predicted octanol–water partition coefficient (Wildman–Crippen LogP) is 7.89. The molecule has 1 aliphatic heterocycles. The van der Waals surface area contributed by atoms with Crippen LogP contribution in [-0.2, 0) is 50.1 Å². The number of rotatable bonds is 19. The number of azo groups is 3. The molecule has 33 heteroatoms. The van der Waals surface area contributed by atoms with Crippen molar-refractivity contribution in [1.29, 1.82) is 0 Å². The standard InChI is InChI=1S/C46H40N10O19S4/c1-22-16-33(35(75-14-5-15-76(61,62)63)20-31(22)50-49-29-12-10-26(73-3)18-37(29)78(67,68)69)52-53-40-38(79(70,71)72)19-28-27(43(40)57)11-13-30-39(28)48-44(47-30)24-6-8-25(9-7-24)56-45(58)41(42(55-56)46(59)60)54-51-32-17-23(2)36(77(64,65)66)21-34(32)74-4/h6-13,16-21,41,57H,5,14-15H2,1-4H3,(H,47,48)(H,59,60)(H,61,62,63)(H,64,65,66)(H,67,68,69)(H,70,71,72)/b50-49+,53-52+,54-51+. The molecule has 0 saturated heterocycles. The number of nitrogens with zero attached hydrogens (tertiary/aromatic N) is 9. The van der Waals surface area contributed by atoms with E-state index in [9.17, 15) is 71.7 Å². The minimum Gasteiger partial charge on any atom is -0.505 e. The van der Waals surface area contributed by atoms with Gasteiger partial charge in [-0.3, -0.25) is 23.0 Å². The summed E-state index contributed by atoms with van der Waals surface area (Å²) in [5, 5.41) is 50.4. The number of nitrogens with one attached hydrogen (secondary N) is 1. The molecule has 1 amide bonds. The van der Waals surface area contributed by atoms with Crippen molar-refractivity contribution in [3.05, 3.63) is 96.1 Å². The number of hydrogen-bond acceptors (Lipinski definition) is 22. The first-order valence-corrected chi connectivity index (χ1v) is 28.2. The van der Waals surface area contributed by atoms with E-state index < -0.39 is 96.0 Å². The van der Waals surface area contributed by atoms with Crippen LogP contribution in [0.15, 0.2) is 135 Å². The van der Waals surface area contributed by atoms with Crippen LogP contribution < -0.4 is 19.2 Å². The molecule has 29 nitrogen and oxygen atoms in total. The van der Waals surface area contributed by atoms with Crippen LogP contribution >= 0.6 is 0 Å². The predicted molar refractivity (Wildman–Crippen MR) is 278 cm³/mol. The van der Waals surface area contributed by atoms with Crippen molar-refractivity contribution in [3.8, 4) is 34.4 Å². The fraction of sp³-hybridized carbons (Fsp3) is 0.174. The number of amides is 1. The summed E-state index contributed by atoms with van der Waals surface area (Å²) in [6.07, 6.45) is -0.237. The molecule has 0 saturated carbocycles. The molecule has 7 aromatic rings. The number of methoxy groups -OCH3 is 2. The third-order valence-corrected chi connectivity index (χ3v) is 15.1. The highest BCUT2D eigenvalue weighted by Gasteiger charge is 2.41. The van der Waals surface area contributed by atoms with Gasteiger partial charge in [0.05, 0.1) is 49.0 Å². The van der Waals surface area contributed by atoms with E-state index in [1.165, 1.54) is 94.8 Å². The highest BCUT2D eigenvalue weighted by molar-refractivity contribution is 7.86. The van der Waals surface area contributed by atoms with Gasteiger partial charge in [0, 0.05) is 34.5 Å². The summed E-state index contributed by atoms with van der Waals surface area (Å²) in [6, 6.07) is 16.2. The van der Waals surface area contributed by atoms with E-state index in [2.05, 4.69) is 45.8 Å². The van der Waals surface area contributed by atoms with Gasteiger partial charge >= 0.3 is 5.97 Å². The number of aromatic amines is 1. The van der Waals surface area contributed by atoms with Crippen molar-refractivity contribution in [2.45, 2.75) is 41.0 Å². The Bertz CT molecular complexity index is 4280. The number of carbonyl (C=O) groups is 2. The van der Waals surface area contributed by atoms with Gasteiger partial charge in [-0.1, -0.05) is 0 Å². The molecule has 1 atom stereocenters. The third-order valence-electron chi connectivity index (χ3n) is 11.6. The van der Waals surface area contributed by atoms with Gasteiger partial charge in [0.2, 0.25) is 6.04 Å². The zero-order valence-corrected chi connectivity index (χ0v) is 44.2. The van der Waals surface area contributed by atoms with Crippen LogP contribution in [0.25, 0.3) is 33.2 Å². The van der Waals surface area contributed by atoms with Crippen LogP contribution in [0.4, 0.5) is 34.1 Å². The molecule has 7 N–H and O–H groups in total. The van der Waals surface area contributed by atoms with E-state index in [1.54, 1.807) is 0 Å². The maximum atomic E-state index is 13.6. The maximum absolute atomic E-state index is 13.6. The molecular weight excluding hydrogens is 1120 g/mol. The lowest BCUT2D eigenvalue weighted by atomic mass is 10.1. The van der Waals surface area contributed by atoms with Crippen molar-refractivity contribution < 1.29 is 85.9 Å². The minimum absolute atomic E-state index is 0.00846. The van der Waals surface area contributed by atoms with E-state index in [0.29, 0.717) is 5.56 Å². The average molecular weight is 1170 g/mol. The Morgan fingerprint density at radius 1 is 0.684 bits per heavy atom. The van der Waals surface area contributed by atoms with Crippen molar-refractivity contribution in [2.75, 3.05) is 31.6 Å². The number of aryl methyl sites for hydroxylation is 2. The molecule has 6 aromatic carbocycles. The Hall–Kier alpha value is -8.70. The number of aromatic hydroxyl groups is 1. The fourth-order valence-corrected chi connectivity index (χ4v) is 10.3. The number of carbonyl (C=O) groups excluding carboxylic acids is 1. The summed E-state index contributed by atoms with van der Waals surface area (Å²) in [5.41, 5.74) is -0.783. The van der Waals surface area contributed by atoms with Gasteiger partial charge in [0.25, 0.3) is 46.4 Å². The number of carboxylic acid groups (broad SMARTS) is 1. The molecule has 8 rings (SSSR count). The van der Waals surface area contributed by atoms with Crippen LogP contribution in [0.1, 0.15) is 17.5 Å². The highest BCUT2D eigenvalue weighted by atomic mass is 32.2. The van der Waals surface area contributed by atoms with Crippen LogP contribution in [0.5, 0.6) is 23.0 Å². The number of ether oxygens (including phenoxy) is 3. The number of benzene rings is 6. The smallest absolute Gasteiger partial charge is 0.355 e. The van der Waals surface area contributed by atoms with Gasteiger partial charge in [-0.2, -0.15) is 59.1 Å². The van der Waals surface area contributed by atoms with Crippen LogP contribution in [0, 0.1) is 13.8 Å².